The first-order valence-electron chi connectivity index (χ1n) is 9.09. The Labute approximate surface area is 164 Å². The average Bonchev–Trinajstić information content (AvgIpc) is 2.65. The average molecular weight is 387 g/mol. The Morgan fingerprint density at radius 3 is 2.43 bits per heavy atom. The molecule has 0 aromatic heterocycles. The van der Waals surface area contributed by atoms with Gasteiger partial charge < -0.3 is 20.3 Å². The van der Waals surface area contributed by atoms with Crippen molar-refractivity contribution in [3.05, 3.63) is 53.3 Å². The zero-order valence-corrected chi connectivity index (χ0v) is 16.6. The van der Waals surface area contributed by atoms with Crippen LogP contribution in [0.5, 0.6) is 5.75 Å². The number of rotatable bonds is 7. The van der Waals surface area contributed by atoms with E-state index < -0.39 is 5.82 Å². The molecule has 28 heavy (non-hydrogen) atoms. The number of ether oxygens (including phenoxy) is 1. The summed E-state index contributed by atoms with van der Waals surface area (Å²) >= 11 is 0. The Morgan fingerprint density at radius 2 is 1.82 bits per heavy atom. The van der Waals surface area contributed by atoms with Gasteiger partial charge in [0.05, 0.1) is 7.11 Å². The lowest BCUT2D eigenvalue weighted by Gasteiger charge is -2.20. The summed E-state index contributed by atoms with van der Waals surface area (Å²) in [5.41, 5.74) is 2.68. The molecular weight excluding hydrogens is 361 g/mol. The minimum absolute atomic E-state index is 0.0623. The topological polar surface area (TPSA) is 70.7 Å². The van der Waals surface area contributed by atoms with Crippen LogP contribution in [0.1, 0.15) is 30.9 Å². The fourth-order valence-electron chi connectivity index (χ4n) is 2.71. The van der Waals surface area contributed by atoms with Crippen LogP contribution >= 0.6 is 0 Å². The van der Waals surface area contributed by atoms with Gasteiger partial charge in [-0.1, -0.05) is 19.1 Å². The SMILES string of the molecule is CCCC(=O)Nc1cccc(NC(=O)N(C)Cc2ccc(OC)c(F)c2)c1C. The van der Waals surface area contributed by atoms with Gasteiger partial charge in [-0.3, -0.25) is 4.79 Å². The van der Waals surface area contributed by atoms with Crippen LogP contribution in [0, 0.1) is 12.7 Å². The van der Waals surface area contributed by atoms with Crippen LogP contribution in [0.25, 0.3) is 0 Å². The van der Waals surface area contributed by atoms with E-state index in [0.717, 1.165) is 12.0 Å². The predicted octanol–water partition coefficient (Wildman–Crippen LogP) is 4.55. The van der Waals surface area contributed by atoms with Gasteiger partial charge in [-0.05, 0) is 48.7 Å². The van der Waals surface area contributed by atoms with Gasteiger partial charge in [0, 0.05) is 31.4 Å². The first-order chi connectivity index (χ1) is 13.3. The number of benzene rings is 2. The van der Waals surface area contributed by atoms with Crippen LogP contribution in [0.3, 0.4) is 0 Å². The summed E-state index contributed by atoms with van der Waals surface area (Å²) in [5.74, 6) is -0.374. The number of nitrogens with one attached hydrogen (secondary N) is 2. The van der Waals surface area contributed by atoms with Crippen molar-refractivity contribution in [2.75, 3.05) is 24.8 Å². The highest BCUT2D eigenvalue weighted by molar-refractivity contribution is 5.95. The summed E-state index contributed by atoms with van der Waals surface area (Å²) in [6.07, 6.45) is 1.20. The number of nitrogens with zero attached hydrogens (tertiary/aromatic N) is 1. The Kier molecular flexibility index (Phi) is 7.37. The van der Waals surface area contributed by atoms with Crippen molar-refractivity contribution in [2.45, 2.75) is 33.2 Å². The number of halogens is 1. The Bertz CT molecular complexity index is 855. The van der Waals surface area contributed by atoms with Crippen LogP contribution in [0.2, 0.25) is 0 Å². The molecule has 2 aromatic carbocycles. The molecule has 3 amide bonds. The molecule has 0 spiro atoms. The summed E-state index contributed by atoms with van der Waals surface area (Å²) < 4.78 is 18.7. The van der Waals surface area contributed by atoms with Crippen LogP contribution < -0.4 is 15.4 Å². The monoisotopic (exact) mass is 387 g/mol. The second-order valence-electron chi connectivity index (χ2n) is 6.53. The number of methoxy groups -OCH3 is 1. The van der Waals surface area contributed by atoms with Gasteiger partial charge in [0.15, 0.2) is 11.6 Å². The normalized spacial score (nSPS) is 10.3. The largest absolute Gasteiger partial charge is 0.494 e. The minimum Gasteiger partial charge on any atom is -0.494 e. The highest BCUT2D eigenvalue weighted by Gasteiger charge is 2.14. The van der Waals surface area contributed by atoms with E-state index in [9.17, 15) is 14.0 Å². The van der Waals surface area contributed by atoms with Crippen molar-refractivity contribution in [3.8, 4) is 5.75 Å². The predicted molar refractivity (Wildman–Crippen MR) is 108 cm³/mol. The third kappa shape index (κ3) is 5.45. The molecule has 0 unspecified atom stereocenters. The molecule has 150 valence electrons. The number of carbonyl (C=O) groups is 2. The van der Waals surface area contributed by atoms with Crippen molar-refractivity contribution in [3.63, 3.8) is 0 Å². The Balaban J connectivity index is 2.05. The molecule has 0 aliphatic rings. The van der Waals surface area contributed by atoms with Crippen molar-refractivity contribution < 1.29 is 18.7 Å². The van der Waals surface area contributed by atoms with Crippen molar-refractivity contribution >= 4 is 23.3 Å². The number of hydrogen-bond acceptors (Lipinski definition) is 3. The lowest BCUT2D eigenvalue weighted by atomic mass is 10.1. The molecule has 2 aromatic rings. The summed E-state index contributed by atoms with van der Waals surface area (Å²) in [7, 11) is 3.03. The fourth-order valence-corrected chi connectivity index (χ4v) is 2.71. The van der Waals surface area contributed by atoms with Crippen LogP contribution in [-0.2, 0) is 11.3 Å². The molecule has 0 heterocycles. The van der Waals surface area contributed by atoms with Gasteiger partial charge >= 0.3 is 6.03 Å². The van der Waals surface area contributed by atoms with E-state index in [4.69, 9.17) is 4.74 Å². The van der Waals surface area contributed by atoms with E-state index >= 15 is 0 Å². The molecule has 0 radical (unpaired) electrons. The zero-order chi connectivity index (χ0) is 20.7. The summed E-state index contributed by atoms with van der Waals surface area (Å²) in [6, 6.07) is 9.58. The van der Waals surface area contributed by atoms with Crippen LogP contribution in [-0.4, -0.2) is 31.0 Å². The van der Waals surface area contributed by atoms with E-state index in [2.05, 4.69) is 10.6 Å². The third-order valence-electron chi connectivity index (χ3n) is 4.31. The molecule has 2 N–H and O–H groups in total. The lowest BCUT2D eigenvalue weighted by Crippen LogP contribution is -2.31. The van der Waals surface area contributed by atoms with Gasteiger partial charge in [-0.25, -0.2) is 9.18 Å². The smallest absolute Gasteiger partial charge is 0.321 e. The number of anilines is 2. The fraction of sp³-hybridized carbons (Fsp3) is 0.333. The highest BCUT2D eigenvalue weighted by atomic mass is 19.1. The van der Waals surface area contributed by atoms with E-state index in [1.165, 1.54) is 24.1 Å². The molecule has 0 atom stereocenters. The molecule has 0 aliphatic carbocycles. The molecule has 6 nitrogen and oxygen atoms in total. The number of carbonyl (C=O) groups excluding carboxylic acids is 2. The highest BCUT2D eigenvalue weighted by Crippen LogP contribution is 2.24. The minimum atomic E-state index is -0.472. The van der Waals surface area contributed by atoms with E-state index in [1.54, 1.807) is 31.3 Å². The van der Waals surface area contributed by atoms with Crippen molar-refractivity contribution in [2.24, 2.45) is 0 Å². The molecule has 0 bridgehead atoms. The second kappa shape index (κ2) is 9.73. The Hall–Kier alpha value is -3.09. The van der Waals surface area contributed by atoms with E-state index in [0.29, 0.717) is 23.4 Å². The third-order valence-corrected chi connectivity index (χ3v) is 4.31. The van der Waals surface area contributed by atoms with Crippen LogP contribution in [0.4, 0.5) is 20.6 Å². The quantitative estimate of drug-likeness (QED) is 0.732. The zero-order valence-electron chi connectivity index (χ0n) is 16.6. The van der Waals surface area contributed by atoms with Gasteiger partial charge in [-0.2, -0.15) is 0 Å². The summed E-state index contributed by atoms with van der Waals surface area (Å²) in [5, 5.41) is 5.68. The van der Waals surface area contributed by atoms with Crippen molar-refractivity contribution in [1.82, 2.24) is 4.90 Å². The second-order valence-corrected chi connectivity index (χ2v) is 6.53. The molecule has 7 heteroatoms. The number of amides is 3. The van der Waals surface area contributed by atoms with Gasteiger partial charge in [0.25, 0.3) is 0 Å². The molecule has 0 saturated heterocycles. The molecule has 0 fully saturated rings. The lowest BCUT2D eigenvalue weighted by molar-refractivity contribution is -0.116. The standard InChI is InChI=1S/C21H26FN3O3/c1-5-7-20(26)23-17-8-6-9-18(14(17)2)24-21(27)25(3)13-15-10-11-19(28-4)16(22)12-15/h6,8-12H,5,7,13H2,1-4H3,(H,23,26)(H,24,27). The van der Waals surface area contributed by atoms with Crippen molar-refractivity contribution in [1.29, 1.82) is 0 Å². The van der Waals surface area contributed by atoms with Crippen LogP contribution in [0.15, 0.2) is 36.4 Å². The summed E-state index contributed by atoms with van der Waals surface area (Å²) in [4.78, 5) is 25.8. The first-order valence-corrected chi connectivity index (χ1v) is 9.09. The maximum Gasteiger partial charge on any atom is 0.321 e. The molecule has 2 rings (SSSR count). The molecule has 0 aliphatic heterocycles. The van der Waals surface area contributed by atoms with Gasteiger partial charge in [0.2, 0.25) is 5.91 Å². The van der Waals surface area contributed by atoms with E-state index in [-0.39, 0.29) is 24.2 Å². The number of urea groups is 1. The molecular formula is C21H26FN3O3. The van der Waals surface area contributed by atoms with Gasteiger partial charge in [0.1, 0.15) is 0 Å². The van der Waals surface area contributed by atoms with E-state index in [1.807, 2.05) is 13.8 Å². The van der Waals surface area contributed by atoms with Gasteiger partial charge in [-0.15, -0.1) is 0 Å². The first kappa shape index (κ1) is 21.2. The Morgan fingerprint density at radius 1 is 1.14 bits per heavy atom. The molecule has 0 saturated carbocycles. The summed E-state index contributed by atoms with van der Waals surface area (Å²) in [6.45, 7) is 4.00. The maximum atomic E-state index is 13.8. The maximum absolute atomic E-state index is 13.8. The number of hydrogen-bond donors (Lipinski definition) is 2.